The van der Waals surface area contributed by atoms with E-state index in [2.05, 4.69) is 6.92 Å². The summed E-state index contributed by atoms with van der Waals surface area (Å²) < 4.78 is 5.41. The van der Waals surface area contributed by atoms with Crippen molar-refractivity contribution in [3.8, 4) is 5.75 Å². The van der Waals surface area contributed by atoms with Gasteiger partial charge in [0.2, 0.25) is 5.91 Å². The molecule has 6 heteroatoms. The lowest BCUT2D eigenvalue weighted by Crippen LogP contribution is -2.50. The van der Waals surface area contributed by atoms with Gasteiger partial charge in [0.05, 0.1) is 12.7 Å². The van der Waals surface area contributed by atoms with Crippen molar-refractivity contribution in [3.05, 3.63) is 27.8 Å². The summed E-state index contributed by atoms with van der Waals surface area (Å²) in [6.45, 7) is 8.04. The second-order valence-corrected chi connectivity index (χ2v) is 6.86. The molecule has 0 spiro atoms. The zero-order chi connectivity index (χ0) is 18.6. The molecule has 0 saturated carbocycles. The third-order valence-electron chi connectivity index (χ3n) is 4.74. The number of aryl methyl sites for hydroxylation is 1. The highest BCUT2D eigenvalue weighted by atomic mass is 35.5. The van der Waals surface area contributed by atoms with Gasteiger partial charge in [-0.1, -0.05) is 24.9 Å². The molecule has 25 heavy (non-hydrogen) atoms. The molecule has 0 bridgehead atoms. The van der Waals surface area contributed by atoms with Crippen molar-refractivity contribution in [2.45, 2.75) is 40.0 Å². The van der Waals surface area contributed by atoms with Crippen LogP contribution in [0.15, 0.2) is 6.07 Å². The molecule has 1 saturated heterocycles. The monoisotopic (exact) mass is 366 g/mol. The maximum absolute atomic E-state index is 13.0. The number of halogens is 1. The molecule has 1 aliphatic rings. The van der Waals surface area contributed by atoms with E-state index in [1.165, 1.54) is 0 Å². The van der Waals surface area contributed by atoms with Crippen LogP contribution < -0.4 is 4.74 Å². The molecule has 1 aromatic rings. The average Bonchev–Trinajstić information content (AvgIpc) is 2.63. The van der Waals surface area contributed by atoms with Crippen molar-refractivity contribution in [1.29, 1.82) is 0 Å². The first-order chi connectivity index (χ1) is 11.9. The topological polar surface area (TPSA) is 49.9 Å². The van der Waals surface area contributed by atoms with Gasteiger partial charge in [0.15, 0.2) is 0 Å². The number of amides is 2. The molecule has 1 fully saturated rings. The Kier molecular flexibility index (Phi) is 6.71. The van der Waals surface area contributed by atoms with Gasteiger partial charge in [0.1, 0.15) is 5.75 Å². The first kappa shape index (κ1) is 19.6. The van der Waals surface area contributed by atoms with E-state index < -0.39 is 0 Å². The Labute approximate surface area is 154 Å². The number of methoxy groups -OCH3 is 1. The summed E-state index contributed by atoms with van der Waals surface area (Å²) >= 11 is 6.33. The third kappa shape index (κ3) is 4.27. The van der Waals surface area contributed by atoms with Crippen molar-refractivity contribution >= 4 is 23.4 Å². The van der Waals surface area contributed by atoms with E-state index in [1.54, 1.807) is 18.1 Å². The van der Waals surface area contributed by atoms with Crippen molar-refractivity contribution in [2.75, 3.05) is 33.3 Å². The van der Waals surface area contributed by atoms with Gasteiger partial charge in [0.25, 0.3) is 5.91 Å². The maximum atomic E-state index is 13.0. The Bertz CT molecular complexity index is 653. The van der Waals surface area contributed by atoms with E-state index >= 15 is 0 Å². The van der Waals surface area contributed by atoms with Gasteiger partial charge in [-0.05, 0) is 37.5 Å². The van der Waals surface area contributed by atoms with E-state index in [9.17, 15) is 9.59 Å². The minimum atomic E-state index is -0.0862. The Morgan fingerprint density at radius 2 is 1.76 bits per heavy atom. The number of unbranched alkanes of at least 4 members (excludes halogenated alkanes) is 1. The van der Waals surface area contributed by atoms with Crippen LogP contribution >= 0.6 is 11.6 Å². The average molecular weight is 367 g/mol. The van der Waals surface area contributed by atoms with E-state index in [0.29, 0.717) is 48.9 Å². The fourth-order valence-electron chi connectivity index (χ4n) is 3.15. The van der Waals surface area contributed by atoms with Gasteiger partial charge >= 0.3 is 0 Å². The van der Waals surface area contributed by atoms with Crippen molar-refractivity contribution in [3.63, 3.8) is 0 Å². The van der Waals surface area contributed by atoms with Crippen LogP contribution in [-0.4, -0.2) is 54.9 Å². The normalized spacial score (nSPS) is 14.6. The number of benzene rings is 1. The number of hydrogen-bond acceptors (Lipinski definition) is 3. The summed E-state index contributed by atoms with van der Waals surface area (Å²) in [5.41, 5.74) is 2.15. The van der Waals surface area contributed by atoms with Gasteiger partial charge in [0, 0.05) is 37.6 Å². The minimum Gasteiger partial charge on any atom is -0.496 e. The molecule has 0 unspecified atom stereocenters. The molecule has 1 aromatic carbocycles. The molecule has 2 amide bonds. The highest BCUT2D eigenvalue weighted by molar-refractivity contribution is 6.32. The van der Waals surface area contributed by atoms with E-state index in [4.69, 9.17) is 16.3 Å². The predicted octanol–water partition coefficient (Wildman–Crippen LogP) is 3.44. The number of carbonyl (C=O) groups excluding carboxylic acids is 2. The van der Waals surface area contributed by atoms with Crippen LogP contribution in [0.5, 0.6) is 5.75 Å². The Balaban J connectivity index is 2.11. The number of carbonyl (C=O) groups is 2. The van der Waals surface area contributed by atoms with Crippen LogP contribution in [0.3, 0.4) is 0 Å². The van der Waals surface area contributed by atoms with Crippen LogP contribution in [0.1, 0.15) is 47.7 Å². The van der Waals surface area contributed by atoms with Crippen molar-refractivity contribution in [2.24, 2.45) is 0 Å². The number of rotatable bonds is 5. The predicted molar refractivity (Wildman–Crippen MR) is 99.5 cm³/mol. The lowest BCUT2D eigenvalue weighted by Gasteiger charge is -2.35. The van der Waals surface area contributed by atoms with E-state index in [1.807, 2.05) is 18.7 Å². The SMILES string of the molecule is CCCCC(=O)N1CCN(C(=O)c2c(OC)cc(C)c(Cl)c2C)CC1. The standard InChI is InChI=1S/C19H27ClN2O3/c1-5-6-7-16(23)21-8-10-22(11-9-21)19(24)17-14(3)18(20)13(2)12-15(17)25-4/h12H,5-11H2,1-4H3. The highest BCUT2D eigenvalue weighted by Crippen LogP contribution is 2.32. The van der Waals surface area contributed by atoms with Gasteiger partial charge in [-0.2, -0.15) is 0 Å². The lowest BCUT2D eigenvalue weighted by atomic mass is 10.0. The Morgan fingerprint density at radius 3 is 2.32 bits per heavy atom. The molecule has 0 aromatic heterocycles. The van der Waals surface area contributed by atoms with Gasteiger partial charge in [-0.25, -0.2) is 0 Å². The van der Waals surface area contributed by atoms with Gasteiger partial charge < -0.3 is 14.5 Å². The molecule has 1 aliphatic heterocycles. The van der Waals surface area contributed by atoms with Crippen LogP contribution in [0.25, 0.3) is 0 Å². The number of piperazine rings is 1. The number of ether oxygens (including phenoxy) is 1. The Morgan fingerprint density at radius 1 is 1.16 bits per heavy atom. The summed E-state index contributed by atoms with van der Waals surface area (Å²) in [6.07, 6.45) is 2.51. The molecular formula is C19H27ClN2O3. The molecular weight excluding hydrogens is 340 g/mol. The van der Waals surface area contributed by atoms with E-state index in [-0.39, 0.29) is 11.8 Å². The third-order valence-corrected chi connectivity index (χ3v) is 5.32. The number of hydrogen-bond donors (Lipinski definition) is 0. The summed E-state index contributed by atoms with van der Waals surface area (Å²) in [5.74, 6) is 0.642. The molecule has 5 nitrogen and oxygen atoms in total. The van der Waals surface area contributed by atoms with Crippen LogP contribution in [-0.2, 0) is 4.79 Å². The summed E-state index contributed by atoms with van der Waals surface area (Å²) in [4.78, 5) is 28.8. The molecule has 0 aliphatic carbocycles. The smallest absolute Gasteiger partial charge is 0.258 e. The highest BCUT2D eigenvalue weighted by Gasteiger charge is 2.28. The minimum absolute atomic E-state index is 0.0862. The van der Waals surface area contributed by atoms with Gasteiger partial charge in [-0.15, -0.1) is 0 Å². The zero-order valence-electron chi connectivity index (χ0n) is 15.5. The van der Waals surface area contributed by atoms with E-state index in [0.717, 1.165) is 24.0 Å². The second kappa shape index (κ2) is 8.56. The number of nitrogens with zero attached hydrogens (tertiary/aromatic N) is 2. The maximum Gasteiger partial charge on any atom is 0.258 e. The van der Waals surface area contributed by atoms with Crippen LogP contribution in [0, 0.1) is 13.8 Å². The van der Waals surface area contributed by atoms with Crippen molar-refractivity contribution < 1.29 is 14.3 Å². The quantitative estimate of drug-likeness (QED) is 0.802. The molecule has 0 atom stereocenters. The second-order valence-electron chi connectivity index (χ2n) is 6.49. The molecule has 0 N–H and O–H groups in total. The Hall–Kier alpha value is -1.75. The molecule has 1 heterocycles. The summed E-state index contributed by atoms with van der Waals surface area (Å²) in [6, 6.07) is 1.80. The largest absolute Gasteiger partial charge is 0.496 e. The summed E-state index contributed by atoms with van der Waals surface area (Å²) in [7, 11) is 1.56. The van der Waals surface area contributed by atoms with Gasteiger partial charge in [-0.3, -0.25) is 9.59 Å². The lowest BCUT2D eigenvalue weighted by molar-refractivity contribution is -0.132. The fourth-order valence-corrected chi connectivity index (χ4v) is 3.30. The fraction of sp³-hybridized carbons (Fsp3) is 0.579. The first-order valence-electron chi connectivity index (χ1n) is 8.81. The first-order valence-corrected chi connectivity index (χ1v) is 9.19. The molecule has 2 rings (SSSR count). The van der Waals surface area contributed by atoms with Crippen LogP contribution in [0.2, 0.25) is 5.02 Å². The van der Waals surface area contributed by atoms with Crippen molar-refractivity contribution in [1.82, 2.24) is 9.80 Å². The van der Waals surface area contributed by atoms with Crippen LogP contribution in [0.4, 0.5) is 0 Å². The summed E-state index contributed by atoms with van der Waals surface area (Å²) in [5, 5.41) is 0.595. The molecule has 138 valence electrons. The molecule has 0 radical (unpaired) electrons. The zero-order valence-corrected chi connectivity index (χ0v) is 16.3.